The number of thiazole rings is 2. The van der Waals surface area contributed by atoms with E-state index in [1.54, 1.807) is 35.1 Å². The normalized spacial score (nSPS) is 12.2. The molecule has 8 heterocycles. The number of thiophene rings is 6. The number of hydrogen-bond acceptors (Lipinski definition) is 10. The fraction of sp³-hybridized carbons (Fsp3) is 0. The second-order valence-corrected chi connectivity index (χ2v) is 17.3. The van der Waals surface area contributed by atoms with Gasteiger partial charge < -0.3 is 0 Å². The Hall–Kier alpha value is -2.42. The predicted octanol–water partition coefficient (Wildman–Crippen LogP) is 12.5. The molecule has 40 heavy (non-hydrogen) atoms. The molecule has 0 aliphatic carbocycles. The largest absolute Gasteiger partial charge is 0.269 e. The zero-order valence-electron chi connectivity index (χ0n) is 19.7. The van der Waals surface area contributed by atoms with Crippen LogP contribution >= 0.6 is 90.7 Å². The lowest BCUT2D eigenvalue weighted by molar-refractivity contribution is 0.616. The maximum Gasteiger partial charge on any atom is 0.269 e. The molecule has 0 spiro atoms. The van der Waals surface area contributed by atoms with Crippen LogP contribution < -0.4 is 0 Å². The summed E-state index contributed by atoms with van der Waals surface area (Å²) in [4.78, 5) is 16.3. The Bertz CT molecular complexity index is 2220. The van der Waals surface area contributed by atoms with E-state index in [1.807, 2.05) is 45.3 Å². The first kappa shape index (κ1) is 24.2. The zero-order chi connectivity index (χ0) is 26.5. The van der Waals surface area contributed by atoms with Gasteiger partial charge in [0.15, 0.2) is 0 Å². The molecular weight excluding hydrogens is 659 g/mol. The summed E-state index contributed by atoms with van der Waals surface area (Å²) in [5, 5.41) is 1.85. The van der Waals surface area contributed by atoms with Crippen LogP contribution in [0, 0.1) is 10.5 Å². The molecule has 0 saturated heterocycles. The van der Waals surface area contributed by atoms with Crippen LogP contribution in [0.3, 0.4) is 0 Å². The van der Waals surface area contributed by atoms with Gasteiger partial charge in [-0.2, -0.15) is 8.78 Å². The number of halogens is 2. The van der Waals surface area contributed by atoms with Crippen LogP contribution in [0.15, 0.2) is 60.9 Å². The number of nitrogens with zero attached hydrogens (tertiary/aromatic N) is 2. The maximum atomic E-state index is 13.4. The standard InChI is InChI=1S/C28H10F2N2S8/c29-27-31-9-23(39-27)15-3-1-13(33-15)19-7-21-25(37-19)11-5-18-12(6-17(11)35-21)26-22(36-18)8-20(38-26)14-2-4-16(34-14)24-10-32-28(30)40-24/h1-10H. The lowest BCUT2D eigenvalue weighted by atomic mass is 10.2. The second kappa shape index (κ2) is 9.04. The Morgan fingerprint density at radius 1 is 0.400 bits per heavy atom. The number of benzene rings is 1. The van der Waals surface area contributed by atoms with E-state index in [9.17, 15) is 8.78 Å². The lowest BCUT2D eigenvalue weighted by Crippen LogP contribution is -1.64. The highest BCUT2D eigenvalue weighted by Gasteiger charge is 2.18. The van der Waals surface area contributed by atoms with Gasteiger partial charge in [-0.1, -0.05) is 22.7 Å². The third-order valence-corrected chi connectivity index (χ3v) is 15.9. The number of rotatable bonds is 4. The first-order valence-corrected chi connectivity index (χ1v) is 18.3. The molecule has 0 N–H and O–H groups in total. The molecule has 12 heteroatoms. The molecule has 0 unspecified atom stereocenters. The van der Waals surface area contributed by atoms with E-state index < -0.39 is 10.5 Å². The highest BCUT2D eigenvalue weighted by atomic mass is 32.1. The molecule has 1 aromatic carbocycles. The Morgan fingerprint density at radius 3 is 1.23 bits per heavy atom. The minimum atomic E-state index is -0.394. The third-order valence-electron chi connectivity index (χ3n) is 6.55. The fourth-order valence-corrected chi connectivity index (χ4v) is 13.5. The van der Waals surface area contributed by atoms with Crippen LogP contribution in [0.5, 0.6) is 0 Å². The Morgan fingerprint density at radius 2 is 0.825 bits per heavy atom. The molecule has 0 fully saturated rings. The van der Waals surface area contributed by atoms with Gasteiger partial charge in [0.1, 0.15) is 0 Å². The summed E-state index contributed by atoms with van der Waals surface area (Å²) in [6.07, 6.45) is 3.22. The Balaban J connectivity index is 1.09. The van der Waals surface area contributed by atoms with Crippen LogP contribution in [0.2, 0.25) is 0 Å². The van der Waals surface area contributed by atoms with Crippen molar-refractivity contribution in [2.24, 2.45) is 0 Å². The average Bonchev–Trinajstić information content (AvgIpc) is 3.74. The Kier molecular flexibility index (Phi) is 5.47. The summed E-state index contributed by atoms with van der Waals surface area (Å²) >= 11 is 12.9. The van der Waals surface area contributed by atoms with Gasteiger partial charge in [0.25, 0.3) is 10.5 Å². The van der Waals surface area contributed by atoms with Crippen molar-refractivity contribution in [1.29, 1.82) is 0 Å². The van der Waals surface area contributed by atoms with E-state index in [0.29, 0.717) is 0 Å². The SMILES string of the molecule is Fc1ncc(-c2ccc(-c3cc4sc5cc6c(cc5c4s3)sc3cc(-c4ccc(-c5cnc(F)s5)s4)sc36)s2)s1. The summed E-state index contributed by atoms with van der Waals surface area (Å²) in [6, 6.07) is 17.7. The van der Waals surface area contributed by atoms with E-state index >= 15 is 0 Å². The highest BCUT2D eigenvalue weighted by molar-refractivity contribution is 7.37. The van der Waals surface area contributed by atoms with E-state index in [-0.39, 0.29) is 0 Å². The minimum Gasteiger partial charge on any atom is -0.217 e. The minimum absolute atomic E-state index is 0.394. The molecule has 0 radical (unpaired) electrons. The number of fused-ring (bicyclic) bond motifs is 6. The van der Waals surface area contributed by atoms with Gasteiger partial charge in [-0.05, 0) is 48.5 Å². The van der Waals surface area contributed by atoms with Crippen molar-refractivity contribution in [3.63, 3.8) is 0 Å². The molecule has 9 rings (SSSR count). The van der Waals surface area contributed by atoms with Gasteiger partial charge >= 0.3 is 0 Å². The molecule has 2 nitrogen and oxygen atoms in total. The first-order valence-electron chi connectivity index (χ1n) is 11.8. The zero-order valence-corrected chi connectivity index (χ0v) is 26.2. The molecule has 0 aliphatic rings. The molecule has 0 atom stereocenters. The van der Waals surface area contributed by atoms with Gasteiger partial charge in [-0.15, -0.1) is 68.0 Å². The summed E-state index contributed by atoms with van der Waals surface area (Å²) in [5.74, 6) is 0. The summed E-state index contributed by atoms with van der Waals surface area (Å²) in [7, 11) is 0. The van der Waals surface area contributed by atoms with Crippen LogP contribution in [0.25, 0.3) is 78.0 Å². The average molecular weight is 669 g/mol. The quantitative estimate of drug-likeness (QED) is 0.186. The van der Waals surface area contributed by atoms with Crippen molar-refractivity contribution >= 4 is 130 Å². The molecule has 9 aromatic rings. The fourth-order valence-electron chi connectivity index (χ4n) is 4.78. The molecular formula is C28H10F2N2S8. The van der Waals surface area contributed by atoms with Crippen LogP contribution in [-0.2, 0) is 0 Å². The van der Waals surface area contributed by atoms with Crippen molar-refractivity contribution in [1.82, 2.24) is 9.97 Å². The van der Waals surface area contributed by atoms with Crippen LogP contribution in [0.4, 0.5) is 8.78 Å². The van der Waals surface area contributed by atoms with Gasteiger partial charge in [-0.3, -0.25) is 0 Å². The monoisotopic (exact) mass is 668 g/mol. The third kappa shape index (κ3) is 3.82. The van der Waals surface area contributed by atoms with Gasteiger partial charge in [0.2, 0.25) is 0 Å². The molecule has 8 aromatic heterocycles. The van der Waals surface area contributed by atoms with E-state index in [2.05, 4.69) is 58.5 Å². The summed E-state index contributed by atoms with van der Waals surface area (Å²) in [6.45, 7) is 0. The molecule has 0 aliphatic heterocycles. The van der Waals surface area contributed by atoms with Crippen molar-refractivity contribution in [2.45, 2.75) is 0 Å². The molecule has 194 valence electrons. The topological polar surface area (TPSA) is 25.8 Å². The predicted molar refractivity (Wildman–Crippen MR) is 177 cm³/mol. The van der Waals surface area contributed by atoms with Gasteiger partial charge in [-0.25, -0.2) is 9.97 Å². The number of hydrogen-bond donors (Lipinski definition) is 0. The van der Waals surface area contributed by atoms with E-state index in [4.69, 9.17) is 0 Å². The van der Waals surface area contributed by atoms with Crippen molar-refractivity contribution in [2.75, 3.05) is 0 Å². The van der Waals surface area contributed by atoms with E-state index in [0.717, 1.165) is 42.2 Å². The van der Waals surface area contributed by atoms with Crippen molar-refractivity contribution < 1.29 is 8.78 Å². The molecule has 0 saturated carbocycles. The maximum absolute atomic E-state index is 13.4. The van der Waals surface area contributed by atoms with Crippen LogP contribution in [-0.4, -0.2) is 9.97 Å². The lowest BCUT2D eigenvalue weighted by Gasteiger charge is -1.94. The van der Waals surface area contributed by atoms with Crippen molar-refractivity contribution in [3.8, 4) is 39.0 Å². The summed E-state index contributed by atoms with van der Waals surface area (Å²) in [5.41, 5.74) is 0. The highest BCUT2D eigenvalue weighted by Crippen LogP contribution is 2.50. The molecule has 0 bridgehead atoms. The second-order valence-electron chi connectivity index (χ2n) is 8.94. The van der Waals surface area contributed by atoms with Gasteiger partial charge in [0.05, 0.1) is 19.2 Å². The summed E-state index contributed by atoms with van der Waals surface area (Å²) < 4.78 is 34.7. The first-order chi connectivity index (χ1) is 19.6. The van der Waals surface area contributed by atoms with Crippen LogP contribution in [0.1, 0.15) is 0 Å². The number of aromatic nitrogens is 2. The van der Waals surface area contributed by atoms with E-state index in [1.165, 1.54) is 58.5 Å². The van der Waals surface area contributed by atoms with Gasteiger partial charge in [0, 0.05) is 71.2 Å². The Labute approximate surface area is 256 Å². The molecule has 0 amide bonds. The van der Waals surface area contributed by atoms with Crippen molar-refractivity contribution in [3.05, 3.63) is 71.4 Å². The smallest absolute Gasteiger partial charge is 0.217 e.